The molecule has 2 rings (SSSR count). The van der Waals surface area contributed by atoms with Crippen LogP contribution < -0.4 is 14.8 Å². The Hall–Kier alpha value is -3.24. The first kappa shape index (κ1) is 18.1. The number of nitrogens with one attached hydrogen (secondary N) is 1. The Labute approximate surface area is 140 Å². The van der Waals surface area contributed by atoms with E-state index >= 15 is 0 Å². The van der Waals surface area contributed by atoms with Gasteiger partial charge in [0.15, 0.2) is 11.5 Å². The quantitative estimate of drug-likeness (QED) is 0.629. The van der Waals surface area contributed by atoms with Crippen molar-refractivity contribution in [2.45, 2.75) is 13.5 Å². The molecule has 0 spiro atoms. The smallest absolute Gasteiger partial charge is 0.387 e. The first-order valence-corrected chi connectivity index (χ1v) is 6.86. The lowest BCUT2D eigenvalue weighted by atomic mass is 10.2. The summed E-state index contributed by atoms with van der Waals surface area (Å²) in [4.78, 5) is 22.7. The molecule has 0 bridgehead atoms. The van der Waals surface area contributed by atoms with Gasteiger partial charge in [0.05, 0.1) is 12.0 Å². The highest BCUT2D eigenvalue weighted by Crippen LogP contribution is 2.32. The fraction of sp³-hybridized carbons (Fsp3) is 0.286. The van der Waals surface area contributed by atoms with Crippen molar-refractivity contribution in [1.82, 2.24) is 9.78 Å². The molecule has 2 aromatic rings. The number of aromatic nitrogens is 2. The maximum absolute atomic E-state index is 12.3. The first-order chi connectivity index (χ1) is 11.7. The molecule has 9 nitrogen and oxygen atoms in total. The maximum Gasteiger partial charge on any atom is 0.387 e. The lowest BCUT2D eigenvalue weighted by Gasteiger charge is -2.11. The zero-order valence-electron chi connectivity index (χ0n) is 13.4. The van der Waals surface area contributed by atoms with Gasteiger partial charge in [0, 0.05) is 18.8 Å². The molecule has 0 saturated heterocycles. The lowest BCUT2D eigenvalue weighted by molar-refractivity contribution is -0.385. The molecule has 0 fully saturated rings. The Balaban J connectivity index is 2.30. The summed E-state index contributed by atoms with van der Waals surface area (Å²) in [5, 5.41) is 17.4. The van der Waals surface area contributed by atoms with Gasteiger partial charge in [0.25, 0.3) is 5.91 Å². The van der Waals surface area contributed by atoms with Gasteiger partial charge in [0.1, 0.15) is 5.69 Å². The van der Waals surface area contributed by atoms with E-state index < -0.39 is 23.1 Å². The van der Waals surface area contributed by atoms with Crippen LogP contribution in [0, 0.1) is 17.0 Å². The number of alkyl halides is 2. The third kappa shape index (κ3) is 3.82. The van der Waals surface area contributed by atoms with Crippen LogP contribution in [-0.4, -0.2) is 34.3 Å². The molecule has 0 atom stereocenters. The van der Waals surface area contributed by atoms with Crippen LogP contribution >= 0.6 is 0 Å². The van der Waals surface area contributed by atoms with E-state index in [9.17, 15) is 23.7 Å². The van der Waals surface area contributed by atoms with E-state index in [-0.39, 0.29) is 28.6 Å². The lowest BCUT2D eigenvalue weighted by Crippen LogP contribution is -2.15. The Bertz CT molecular complexity index is 822. The van der Waals surface area contributed by atoms with E-state index in [2.05, 4.69) is 15.2 Å². The number of benzene rings is 1. The van der Waals surface area contributed by atoms with Crippen molar-refractivity contribution in [3.8, 4) is 11.5 Å². The van der Waals surface area contributed by atoms with Crippen LogP contribution in [0.1, 0.15) is 16.2 Å². The number of carbonyl (C=O) groups excluding carboxylic acids is 1. The van der Waals surface area contributed by atoms with Crippen molar-refractivity contribution >= 4 is 17.3 Å². The van der Waals surface area contributed by atoms with Crippen LogP contribution in [0.5, 0.6) is 11.5 Å². The number of amides is 1. The zero-order chi connectivity index (χ0) is 18.7. The minimum Gasteiger partial charge on any atom is -0.493 e. The van der Waals surface area contributed by atoms with Gasteiger partial charge in [-0.1, -0.05) is 0 Å². The molecule has 1 amide bonds. The number of hydrogen-bond acceptors (Lipinski definition) is 6. The van der Waals surface area contributed by atoms with Crippen molar-refractivity contribution in [2.75, 3.05) is 12.4 Å². The molecule has 11 heteroatoms. The second-order valence-corrected chi connectivity index (χ2v) is 4.86. The van der Waals surface area contributed by atoms with E-state index in [4.69, 9.17) is 4.74 Å². The largest absolute Gasteiger partial charge is 0.493 e. The number of methoxy groups -OCH3 is 1. The molecular weight excluding hydrogens is 342 g/mol. The van der Waals surface area contributed by atoms with Gasteiger partial charge in [0.2, 0.25) is 5.69 Å². The van der Waals surface area contributed by atoms with E-state index in [1.807, 2.05) is 0 Å². The van der Waals surface area contributed by atoms with Gasteiger partial charge in [-0.15, -0.1) is 0 Å². The SMILES string of the molecule is COc1cc(NC(=O)c2nn(C)c(C)c2[N+](=O)[O-])ccc1OC(F)F. The van der Waals surface area contributed by atoms with Crippen LogP contribution in [-0.2, 0) is 7.05 Å². The van der Waals surface area contributed by atoms with Gasteiger partial charge >= 0.3 is 12.3 Å². The van der Waals surface area contributed by atoms with E-state index in [0.717, 1.165) is 0 Å². The van der Waals surface area contributed by atoms with Crippen LogP contribution in [0.25, 0.3) is 0 Å². The molecule has 1 heterocycles. The third-order valence-electron chi connectivity index (χ3n) is 3.34. The monoisotopic (exact) mass is 356 g/mol. The molecule has 0 saturated carbocycles. The number of carbonyl (C=O) groups is 1. The predicted octanol–water partition coefficient (Wildman–Crippen LogP) is 2.50. The van der Waals surface area contributed by atoms with Gasteiger partial charge in [-0.25, -0.2) is 0 Å². The predicted molar refractivity (Wildman–Crippen MR) is 82.2 cm³/mol. The standard InChI is InChI=1S/C14H14F2N4O5/c1-7-12(20(22)23)11(18-19(7)2)13(21)17-8-4-5-9(25-14(15)16)10(6-8)24-3/h4-6,14H,1-3H3,(H,17,21). The van der Waals surface area contributed by atoms with Crippen molar-refractivity contribution < 1.29 is 28.0 Å². The minimum absolute atomic E-state index is 0.0372. The summed E-state index contributed by atoms with van der Waals surface area (Å²) in [5.41, 5.74) is -0.393. The molecule has 0 radical (unpaired) electrons. The molecular formula is C14H14F2N4O5. The number of aryl methyl sites for hydroxylation is 1. The van der Waals surface area contributed by atoms with Gasteiger partial charge < -0.3 is 14.8 Å². The fourth-order valence-corrected chi connectivity index (χ4v) is 2.10. The topological polar surface area (TPSA) is 109 Å². The number of halogens is 2. The third-order valence-corrected chi connectivity index (χ3v) is 3.34. The van der Waals surface area contributed by atoms with Crippen LogP contribution in [0.15, 0.2) is 18.2 Å². The van der Waals surface area contributed by atoms with E-state index in [0.29, 0.717) is 0 Å². The number of nitrogens with zero attached hydrogens (tertiary/aromatic N) is 3. The van der Waals surface area contributed by atoms with E-state index in [1.54, 1.807) is 0 Å². The van der Waals surface area contributed by atoms with Gasteiger partial charge in [-0.05, 0) is 19.1 Å². The summed E-state index contributed by atoms with van der Waals surface area (Å²) in [6, 6.07) is 3.72. The molecule has 1 N–H and O–H groups in total. The first-order valence-electron chi connectivity index (χ1n) is 6.86. The highest BCUT2D eigenvalue weighted by Gasteiger charge is 2.29. The number of hydrogen-bond donors (Lipinski definition) is 1. The summed E-state index contributed by atoms with van der Waals surface area (Å²) in [6.45, 7) is -1.57. The Kier molecular flexibility index (Phi) is 5.15. The Morgan fingerprint density at radius 2 is 2.08 bits per heavy atom. The van der Waals surface area contributed by atoms with Crippen LogP contribution in [0.4, 0.5) is 20.2 Å². The number of anilines is 1. The van der Waals surface area contributed by atoms with Gasteiger partial charge in [-0.2, -0.15) is 13.9 Å². The molecule has 1 aromatic heterocycles. The molecule has 1 aromatic carbocycles. The second-order valence-electron chi connectivity index (χ2n) is 4.86. The van der Waals surface area contributed by atoms with Crippen LogP contribution in [0.2, 0.25) is 0 Å². The van der Waals surface area contributed by atoms with Crippen molar-refractivity contribution in [1.29, 1.82) is 0 Å². The summed E-state index contributed by atoms with van der Waals surface area (Å²) < 4.78 is 35.0. The fourth-order valence-electron chi connectivity index (χ4n) is 2.10. The molecule has 25 heavy (non-hydrogen) atoms. The van der Waals surface area contributed by atoms with Gasteiger partial charge in [-0.3, -0.25) is 19.6 Å². The average molecular weight is 356 g/mol. The Morgan fingerprint density at radius 1 is 1.40 bits per heavy atom. The summed E-state index contributed by atoms with van der Waals surface area (Å²) in [7, 11) is 2.71. The van der Waals surface area contributed by atoms with Crippen LogP contribution in [0.3, 0.4) is 0 Å². The number of rotatable bonds is 6. The minimum atomic E-state index is -3.03. The molecule has 0 unspecified atom stereocenters. The summed E-state index contributed by atoms with van der Waals surface area (Å²) in [5.74, 6) is -1.07. The van der Waals surface area contributed by atoms with Crippen molar-refractivity contribution in [3.63, 3.8) is 0 Å². The van der Waals surface area contributed by atoms with Crippen molar-refractivity contribution in [3.05, 3.63) is 39.7 Å². The summed E-state index contributed by atoms with van der Waals surface area (Å²) >= 11 is 0. The number of ether oxygens (including phenoxy) is 2. The average Bonchev–Trinajstić information content (AvgIpc) is 2.84. The zero-order valence-corrected chi connectivity index (χ0v) is 13.4. The maximum atomic E-state index is 12.3. The molecule has 0 aliphatic rings. The molecule has 134 valence electrons. The number of nitro groups is 1. The second kappa shape index (κ2) is 7.11. The van der Waals surface area contributed by atoms with E-state index in [1.165, 1.54) is 44.0 Å². The highest BCUT2D eigenvalue weighted by molar-refractivity contribution is 6.06. The highest BCUT2D eigenvalue weighted by atomic mass is 19.3. The normalized spacial score (nSPS) is 10.6. The summed E-state index contributed by atoms with van der Waals surface area (Å²) in [6.07, 6.45) is 0. The molecule has 0 aliphatic heterocycles. The van der Waals surface area contributed by atoms with Crippen molar-refractivity contribution in [2.24, 2.45) is 7.05 Å². The molecule has 0 aliphatic carbocycles. The Morgan fingerprint density at radius 3 is 2.64 bits per heavy atom.